The zero-order valence-corrected chi connectivity index (χ0v) is 17.9. The third kappa shape index (κ3) is 5.51. The van der Waals surface area contributed by atoms with Crippen molar-refractivity contribution in [1.82, 2.24) is 10.3 Å². The molecule has 0 fully saturated rings. The normalized spacial score (nSPS) is 11.7. The summed E-state index contributed by atoms with van der Waals surface area (Å²) in [5.74, 6) is -0.360. The van der Waals surface area contributed by atoms with Gasteiger partial charge in [-0.15, -0.1) is 11.3 Å². The SMILES string of the molecule is CC(=O)N[C@@H](CC(=O)Nc1nc(-c2cc(C)ccc2C)cs1)c1ccc(C)cc1. The first kappa shape index (κ1) is 20.7. The van der Waals surface area contributed by atoms with Crippen molar-refractivity contribution in [2.75, 3.05) is 5.32 Å². The van der Waals surface area contributed by atoms with Crippen LogP contribution in [0, 0.1) is 20.8 Å². The molecule has 3 aromatic rings. The number of benzene rings is 2. The Balaban J connectivity index is 1.72. The maximum atomic E-state index is 12.6. The maximum Gasteiger partial charge on any atom is 0.228 e. The van der Waals surface area contributed by atoms with Crippen LogP contribution in [0.15, 0.2) is 47.8 Å². The number of aryl methyl sites for hydroxylation is 3. The fraction of sp³-hybridized carbons (Fsp3) is 0.261. The Labute approximate surface area is 175 Å². The lowest BCUT2D eigenvalue weighted by molar-refractivity contribution is -0.120. The first-order valence-corrected chi connectivity index (χ1v) is 10.4. The number of rotatable bonds is 6. The number of hydrogen-bond acceptors (Lipinski definition) is 4. The number of anilines is 1. The summed E-state index contributed by atoms with van der Waals surface area (Å²) in [6.07, 6.45) is 0.140. The van der Waals surface area contributed by atoms with Crippen LogP contribution in [-0.4, -0.2) is 16.8 Å². The van der Waals surface area contributed by atoms with Gasteiger partial charge < -0.3 is 10.6 Å². The minimum absolute atomic E-state index is 0.140. The van der Waals surface area contributed by atoms with Gasteiger partial charge in [0.15, 0.2) is 5.13 Å². The molecule has 0 saturated heterocycles. The van der Waals surface area contributed by atoms with E-state index in [9.17, 15) is 9.59 Å². The summed E-state index contributed by atoms with van der Waals surface area (Å²) in [7, 11) is 0. The molecule has 29 heavy (non-hydrogen) atoms. The Kier molecular flexibility index (Phi) is 6.44. The second-order valence-electron chi connectivity index (χ2n) is 7.27. The number of carbonyl (C=O) groups excluding carboxylic acids is 2. The van der Waals surface area contributed by atoms with Crippen LogP contribution in [0.25, 0.3) is 11.3 Å². The number of nitrogens with zero attached hydrogens (tertiary/aromatic N) is 1. The molecule has 150 valence electrons. The monoisotopic (exact) mass is 407 g/mol. The van der Waals surface area contributed by atoms with Gasteiger partial charge in [-0.1, -0.05) is 47.5 Å². The number of amides is 2. The predicted molar refractivity (Wildman–Crippen MR) is 118 cm³/mol. The molecule has 2 amide bonds. The molecule has 0 bridgehead atoms. The predicted octanol–water partition coefficient (Wildman–Crippen LogP) is 4.94. The Morgan fingerprint density at radius 3 is 2.41 bits per heavy atom. The van der Waals surface area contributed by atoms with Gasteiger partial charge >= 0.3 is 0 Å². The summed E-state index contributed by atoms with van der Waals surface area (Å²) >= 11 is 1.40. The zero-order chi connectivity index (χ0) is 21.0. The molecule has 0 unspecified atom stereocenters. The van der Waals surface area contributed by atoms with E-state index in [1.807, 2.05) is 50.4 Å². The van der Waals surface area contributed by atoms with E-state index < -0.39 is 0 Å². The van der Waals surface area contributed by atoms with Crippen molar-refractivity contribution in [2.24, 2.45) is 0 Å². The molecular formula is C23H25N3O2S. The molecule has 0 aliphatic carbocycles. The molecule has 1 aromatic heterocycles. The second-order valence-corrected chi connectivity index (χ2v) is 8.13. The van der Waals surface area contributed by atoms with Gasteiger partial charge in [0.1, 0.15) is 0 Å². The van der Waals surface area contributed by atoms with E-state index in [2.05, 4.69) is 33.8 Å². The Bertz CT molecular complexity index is 1020. The number of hydrogen-bond donors (Lipinski definition) is 2. The summed E-state index contributed by atoms with van der Waals surface area (Å²) < 4.78 is 0. The highest BCUT2D eigenvalue weighted by atomic mass is 32.1. The topological polar surface area (TPSA) is 71.1 Å². The molecular weight excluding hydrogens is 382 g/mol. The van der Waals surface area contributed by atoms with E-state index in [4.69, 9.17) is 0 Å². The van der Waals surface area contributed by atoms with Gasteiger partial charge in [0.25, 0.3) is 0 Å². The lowest BCUT2D eigenvalue weighted by atomic mass is 10.0. The Hall–Kier alpha value is -2.99. The van der Waals surface area contributed by atoms with Crippen LogP contribution in [0.4, 0.5) is 5.13 Å². The first-order chi connectivity index (χ1) is 13.8. The van der Waals surface area contributed by atoms with Crippen LogP contribution in [0.1, 0.15) is 41.6 Å². The molecule has 0 aliphatic rings. The van der Waals surface area contributed by atoms with E-state index in [1.165, 1.54) is 23.8 Å². The third-order valence-electron chi connectivity index (χ3n) is 4.67. The summed E-state index contributed by atoms with van der Waals surface area (Å²) in [6, 6.07) is 13.7. The highest BCUT2D eigenvalue weighted by Gasteiger charge is 2.18. The van der Waals surface area contributed by atoms with E-state index in [1.54, 1.807) is 0 Å². The van der Waals surface area contributed by atoms with Crippen LogP contribution in [0.3, 0.4) is 0 Å². The molecule has 6 heteroatoms. The minimum Gasteiger partial charge on any atom is -0.349 e. The summed E-state index contributed by atoms with van der Waals surface area (Å²) in [5.41, 5.74) is 6.25. The van der Waals surface area contributed by atoms with Crippen molar-refractivity contribution in [2.45, 2.75) is 40.2 Å². The van der Waals surface area contributed by atoms with Crippen molar-refractivity contribution >= 4 is 28.3 Å². The summed E-state index contributed by atoms with van der Waals surface area (Å²) in [4.78, 5) is 28.8. The smallest absolute Gasteiger partial charge is 0.228 e. The van der Waals surface area contributed by atoms with Crippen LogP contribution >= 0.6 is 11.3 Å². The van der Waals surface area contributed by atoms with Gasteiger partial charge in [-0.25, -0.2) is 4.98 Å². The number of thiazole rings is 1. The average Bonchev–Trinajstić information content (AvgIpc) is 3.11. The second kappa shape index (κ2) is 9.01. The lowest BCUT2D eigenvalue weighted by Crippen LogP contribution is -2.29. The van der Waals surface area contributed by atoms with Crippen molar-refractivity contribution in [1.29, 1.82) is 0 Å². The fourth-order valence-corrected chi connectivity index (χ4v) is 3.85. The summed E-state index contributed by atoms with van der Waals surface area (Å²) in [6.45, 7) is 7.55. The minimum atomic E-state index is -0.383. The number of aromatic nitrogens is 1. The van der Waals surface area contributed by atoms with E-state index >= 15 is 0 Å². The average molecular weight is 408 g/mol. The molecule has 0 saturated carbocycles. The molecule has 0 spiro atoms. The highest BCUT2D eigenvalue weighted by molar-refractivity contribution is 7.14. The first-order valence-electron chi connectivity index (χ1n) is 9.48. The van der Waals surface area contributed by atoms with Crippen LogP contribution in [0.5, 0.6) is 0 Å². The number of nitrogens with one attached hydrogen (secondary N) is 2. The molecule has 5 nitrogen and oxygen atoms in total. The van der Waals surface area contributed by atoms with Crippen molar-refractivity contribution < 1.29 is 9.59 Å². The molecule has 0 radical (unpaired) electrons. The van der Waals surface area contributed by atoms with E-state index in [0.717, 1.165) is 27.9 Å². The van der Waals surface area contributed by atoms with Gasteiger partial charge in [-0.2, -0.15) is 0 Å². The molecule has 0 aliphatic heterocycles. The van der Waals surface area contributed by atoms with Crippen molar-refractivity contribution in [3.8, 4) is 11.3 Å². The van der Waals surface area contributed by atoms with Gasteiger partial charge in [-0.05, 0) is 38.0 Å². The largest absolute Gasteiger partial charge is 0.349 e. The number of carbonyl (C=O) groups is 2. The standard InChI is InChI=1S/C23H25N3O2S/c1-14-6-9-18(10-7-14)20(24-17(4)27)12-22(28)26-23-25-21(13-29-23)19-11-15(2)5-8-16(19)3/h5-11,13,20H,12H2,1-4H3,(H,24,27)(H,25,26,28)/t20-/m0/s1. The molecule has 3 rings (SSSR count). The lowest BCUT2D eigenvalue weighted by Gasteiger charge is -2.18. The van der Waals surface area contributed by atoms with Gasteiger partial charge in [0.05, 0.1) is 18.2 Å². The Morgan fingerprint density at radius 2 is 1.72 bits per heavy atom. The maximum absolute atomic E-state index is 12.6. The fourth-order valence-electron chi connectivity index (χ4n) is 3.12. The van der Waals surface area contributed by atoms with E-state index in [-0.39, 0.29) is 24.3 Å². The van der Waals surface area contributed by atoms with Gasteiger partial charge in [0.2, 0.25) is 11.8 Å². The van der Waals surface area contributed by atoms with Crippen LogP contribution in [-0.2, 0) is 9.59 Å². The van der Waals surface area contributed by atoms with Crippen molar-refractivity contribution in [3.63, 3.8) is 0 Å². The van der Waals surface area contributed by atoms with Crippen LogP contribution in [0.2, 0.25) is 0 Å². The Morgan fingerprint density at radius 1 is 1.03 bits per heavy atom. The summed E-state index contributed by atoms with van der Waals surface area (Å²) in [5, 5.41) is 8.23. The van der Waals surface area contributed by atoms with Crippen LogP contribution < -0.4 is 10.6 Å². The highest BCUT2D eigenvalue weighted by Crippen LogP contribution is 2.28. The molecule has 2 N–H and O–H groups in total. The van der Waals surface area contributed by atoms with E-state index in [0.29, 0.717) is 5.13 Å². The van der Waals surface area contributed by atoms with Gasteiger partial charge in [0, 0.05) is 17.9 Å². The molecule has 1 atom stereocenters. The van der Waals surface area contributed by atoms with Gasteiger partial charge in [-0.3, -0.25) is 9.59 Å². The third-order valence-corrected chi connectivity index (χ3v) is 5.42. The zero-order valence-electron chi connectivity index (χ0n) is 17.1. The van der Waals surface area contributed by atoms with Crippen molar-refractivity contribution in [3.05, 3.63) is 70.1 Å². The molecule has 2 aromatic carbocycles. The quantitative estimate of drug-likeness (QED) is 0.608. The molecule has 1 heterocycles.